The molecule has 24 heavy (non-hydrogen) atoms. The van der Waals surface area contributed by atoms with Crippen molar-refractivity contribution in [3.05, 3.63) is 57.2 Å². The molecule has 0 radical (unpaired) electrons. The summed E-state index contributed by atoms with van der Waals surface area (Å²) in [6, 6.07) is 12.8. The van der Waals surface area contributed by atoms with Crippen LogP contribution < -0.4 is 9.62 Å². The average Bonchev–Trinajstić information content (AvgIpc) is 2.53. The zero-order valence-corrected chi connectivity index (χ0v) is 16.1. The van der Waals surface area contributed by atoms with Crippen molar-refractivity contribution in [1.82, 2.24) is 0 Å². The quantitative estimate of drug-likeness (QED) is 0.722. The molecular weight excluding hydrogens is 439 g/mol. The fourth-order valence-corrected chi connectivity index (χ4v) is 4.43. The van der Waals surface area contributed by atoms with E-state index in [1.165, 1.54) is 10.6 Å². The zero-order valence-electron chi connectivity index (χ0n) is 13.1. The highest BCUT2D eigenvalue weighted by Gasteiger charge is 2.24. The van der Waals surface area contributed by atoms with Gasteiger partial charge in [0.05, 0.1) is 17.5 Å². The fraction of sp³-hybridized carbons (Fsp3) is 0.235. The maximum Gasteiger partial charge on any atom is 0.256 e. The number of halogens is 1. The second-order valence-corrected chi connectivity index (χ2v) is 8.79. The maximum absolute atomic E-state index is 12.4. The molecular formula is C17H17IN2O3S. The Morgan fingerprint density at radius 1 is 1.21 bits per heavy atom. The summed E-state index contributed by atoms with van der Waals surface area (Å²) in [6.45, 7) is 0.472. The highest BCUT2D eigenvalue weighted by Crippen LogP contribution is 2.31. The van der Waals surface area contributed by atoms with Crippen LogP contribution in [0.1, 0.15) is 22.3 Å². The lowest BCUT2D eigenvalue weighted by atomic mass is 10.0. The fourth-order valence-electron chi connectivity index (χ4n) is 2.81. The number of rotatable bonds is 3. The summed E-state index contributed by atoms with van der Waals surface area (Å²) in [5.41, 5.74) is 2.83. The van der Waals surface area contributed by atoms with Crippen LogP contribution >= 0.6 is 22.6 Å². The van der Waals surface area contributed by atoms with Crippen LogP contribution in [0.25, 0.3) is 0 Å². The SMILES string of the molecule is CS(=O)(=O)N1CCCc2ccc(NC(=O)c3ccccc3I)cc21. The van der Waals surface area contributed by atoms with Gasteiger partial charge in [0.25, 0.3) is 5.91 Å². The molecule has 1 heterocycles. The van der Waals surface area contributed by atoms with E-state index >= 15 is 0 Å². The van der Waals surface area contributed by atoms with Gasteiger partial charge in [-0.1, -0.05) is 18.2 Å². The zero-order chi connectivity index (χ0) is 17.3. The molecule has 0 aromatic heterocycles. The summed E-state index contributed by atoms with van der Waals surface area (Å²) < 4.78 is 26.2. The first-order valence-corrected chi connectivity index (χ1v) is 10.5. The van der Waals surface area contributed by atoms with Crippen LogP contribution in [0.4, 0.5) is 11.4 Å². The number of nitrogens with zero attached hydrogens (tertiary/aromatic N) is 1. The van der Waals surface area contributed by atoms with Crippen LogP contribution in [0.15, 0.2) is 42.5 Å². The Morgan fingerprint density at radius 2 is 1.96 bits per heavy atom. The van der Waals surface area contributed by atoms with Crippen molar-refractivity contribution < 1.29 is 13.2 Å². The molecule has 126 valence electrons. The minimum Gasteiger partial charge on any atom is -0.322 e. The van der Waals surface area contributed by atoms with Gasteiger partial charge in [-0.25, -0.2) is 8.42 Å². The minimum absolute atomic E-state index is 0.207. The highest BCUT2D eigenvalue weighted by molar-refractivity contribution is 14.1. The number of carbonyl (C=O) groups is 1. The lowest BCUT2D eigenvalue weighted by molar-refractivity contribution is 0.102. The molecule has 1 aliphatic heterocycles. The summed E-state index contributed by atoms with van der Waals surface area (Å²) in [5, 5.41) is 2.86. The first kappa shape index (κ1) is 17.2. The predicted octanol–water partition coefficient (Wildman–Crippen LogP) is 3.26. The van der Waals surface area contributed by atoms with Gasteiger partial charge in [-0.15, -0.1) is 0 Å². The second kappa shape index (κ2) is 6.72. The number of benzene rings is 2. The number of fused-ring (bicyclic) bond motifs is 1. The number of aryl methyl sites for hydroxylation is 1. The van der Waals surface area contributed by atoms with Crippen molar-refractivity contribution in [3.63, 3.8) is 0 Å². The van der Waals surface area contributed by atoms with E-state index in [0.717, 1.165) is 22.0 Å². The predicted molar refractivity (Wildman–Crippen MR) is 104 cm³/mol. The number of anilines is 2. The number of hydrogen-bond acceptors (Lipinski definition) is 3. The number of sulfonamides is 1. The monoisotopic (exact) mass is 456 g/mol. The van der Waals surface area contributed by atoms with Gasteiger partial charge in [0.15, 0.2) is 0 Å². The molecule has 0 spiro atoms. The third-order valence-corrected chi connectivity index (χ3v) is 6.06. The summed E-state index contributed by atoms with van der Waals surface area (Å²) in [5.74, 6) is -0.207. The molecule has 0 fully saturated rings. The van der Waals surface area contributed by atoms with Crippen molar-refractivity contribution in [3.8, 4) is 0 Å². The van der Waals surface area contributed by atoms with Crippen molar-refractivity contribution in [1.29, 1.82) is 0 Å². The molecule has 1 N–H and O–H groups in total. The molecule has 0 bridgehead atoms. The average molecular weight is 456 g/mol. The van der Waals surface area contributed by atoms with Crippen molar-refractivity contribution in [2.45, 2.75) is 12.8 Å². The molecule has 0 unspecified atom stereocenters. The van der Waals surface area contributed by atoms with E-state index in [2.05, 4.69) is 27.9 Å². The van der Waals surface area contributed by atoms with E-state index in [-0.39, 0.29) is 5.91 Å². The highest BCUT2D eigenvalue weighted by atomic mass is 127. The molecule has 0 saturated heterocycles. The first-order chi connectivity index (χ1) is 11.4. The van der Waals surface area contributed by atoms with E-state index in [4.69, 9.17) is 0 Å². The van der Waals surface area contributed by atoms with E-state index in [1.807, 2.05) is 30.3 Å². The van der Waals surface area contributed by atoms with Crippen molar-refractivity contribution in [2.24, 2.45) is 0 Å². The lowest BCUT2D eigenvalue weighted by Gasteiger charge is -2.29. The molecule has 2 aromatic rings. The first-order valence-electron chi connectivity index (χ1n) is 7.53. The Labute approximate surface area is 155 Å². The van der Waals surface area contributed by atoms with Gasteiger partial charge in [-0.2, -0.15) is 0 Å². The lowest BCUT2D eigenvalue weighted by Crippen LogP contribution is -2.34. The standard InChI is InChI=1S/C17H17IN2O3S/c1-24(22,23)20-10-4-5-12-8-9-13(11-16(12)20)19-17(21)14-6-2-3-7-15(14)18/h2-3,6-9,11H,4-5,10H2,1H3,(H,19,21). The molecule has 0 saturated carbocycles. The molecule has 2 aromatic carbocycles. The van der Waals surface area contributed by atoms with E-state index < -0.39 is 10.0 Å². The van der Waals surface area contributed by atoms with E-state index in [0.29, 0.717) is 23.5 Å². The molecule has 1 amide bonds. The van der Waals surface area contributed by atoms with Gasteiger partial charge < -0.3 is 5.32 Å². The van der Waals surface area contributed by atoms with Gasteiger partial charge in [-0.05, 0) is 65.3 Å². The minimum atomic E-state index is -3.32. The van der Waals surface area contributed by atoms with Crippen LogP contribution in [0.3, 0.4) is 0 Å². The van der Waals surface area contributed by atoms with Crippen LogP contribution in [-0.2, 0) is 16.4 Å². The van der Waals surface area contributed by atoms with E-state index in [9.17, 15) is 13.2 Å². The van der Waals surface area contributed by atoms with Crippen molar-refractivity contribution in [2.75, 3.05) is 22.4 Å². The Balaban J connectivity index is 1.91. The Hall–Kier alpha value is -1.61. The van der Waals surface area contributed by atoms with Gasteiger partial charge in [0.2, 0.25) is 10.0 Å². The molecule has 7 heteroatoms. The summed E-state index contributed by atoms with van der Waals surface area (Å²) in [4.78, 5) is 12.4. The van der Waals surface area contributed by atoms with Crippen LogP contribution in [0.5, 0.6) is 0 Å². The summed E-state index contributed by atoms with van der Waals surface area (Å²) in [6.07, 6.45) is 2.85. The Morgan fingerprint density at radius 3 is 2.67 bits per heavy atom. The maximum atomic E-state index is 12.4. The van der Waals surface area contributed by atoms with Crippen LogP contribution in [-0.4, -0.2) is 27.1 Å². The Bertz CT molecular complexity index is 896. The van der Waals surface area contributed by atoms with Gasteiger partial charge >= 0.3 is 0 Å². The number of nitrogens with one attached hydrogen (secondary N) is 1. The van der Waals surface area contributed by atoms with Gasteiger partial charge in [0, 0.05) is 15.8 Å². The number of amides is 1. The summed E-state index contributed by atoms with van der Waals surface area (Å²) in [7, 11) is -3.32. The van der Waals surface area contributed by atoms with Gasteiger partial charge in [-0.3, -0.25) is 9.10 Å². The normalized spacial score (nSPS) is 14.2. The molecule has 3 rings (SSSR count). The number of carbonyl (C=O) groups excluding carboxylic acids is 1. The third kappa shape index (κ3) is 3.56. The van der Waals surface area contributed by atoms with Crippen molar-refractivity contribution >= 4 is 49.9 Å². The molecule has 0 atom stereocenters. The largest absolute Gasteiger partial charge is 0.322 e. The second-order valence-electron chi connectivity index (χ2n) is 5.72. The van der Waals surface area contributed by atoms with Gasteiger partial charge in [0.1, 0.15) is 0 Å². The molecule has 5 nitrogen and oxygen atoms in total. The topological polar surface area (TPSA) is 66.5 Å². The molecule has 1 aliphatic rings. The summed E-state index contributed by atoms with van der Waals surface area (Å²) >= 11 is 2.12. The molecule has 0 aliphatic carbocycles. The third-order valence-electron chi connectivity index (χ3n) is 3.94. The van der Waals surface area contributed by atoms with Crippen LogP contribution in [0, 0.1) is 3.57 Å². The smallest absolute Gasteiger partial charge is 0.256 e. The number of hydrogen-bond donors (Lipinski definition) is 1. The Kier molecular flexibility index (Phi) is 4.82. The van der Waals surface area contributed by atoms with E-state index in [1.54, 1.807) is 12.1 Å². The van der Waals surface area contributed by atoms with Crippen LogP contribution in [0.2, 0.25) is 0 Å².